The molecule has 0 atom stereocenters. The summed E-state index contributed by atoms with van der Waals surface area (Å²) in [6.45, 7) is 8.30. The molecule has 2 aliphatic rings. The average Bonchev–Trinajstić information content (AvgIpc) is 3.31. The van der Waals surface area contributed by atoms with Gasteiger partial charge in [-0.3, -0.25) is 9.69 Å². The summed E-state index contributed by atoms with van der Waals surface area (Å²) in [4.78, 5) is 19.6. The Morgan fingerprint density at radius 1 is 1.21 bits per heavy atom. The molecule has 2 fully saturated rings. The number of hydrogen-bond donors (Lipinski definition) is 1. The van der Waals surface area contributed by atoms with E-state index in [2.05, 4.69) is 4.83 Å². The highest BCUT2D eigenvalue weighted by atomic mass is 35.5. The monoisotopic (exact) mass is 452 g/mol. The van der Waals surface area contributed by atoms with Gasteiger partial charge in [-0.1, -0.05) is 25.4 Å². The van der Waals surface area contributed by atoms with Gasteiger partial charge in [0.05, 0.1) is 36.5 Å². The summed E-state index contributed by atoms with van der Waals surface area (Å²) in [6, 6.07) is 3.61. The third-order valence-electron chi connectivity index (χ3n) is 4.29. The van der Waals surface area contributed by atoms with Crippen molar-refractivity contribution in [3.63, 3.8) is 0 Å². The molecule has 2 saturated heterocycles. The van der Waals surface area contributed by atoms with Crippen LogP contribution in [0.1, 0.15) is 18.7 Å². The van der Waals surface area contributed by atoms with E-state index in [9.17, 15) is 13.2 Å². The van der Waals surface area contributed by atoms with Crippen LogP contribution in [0.4, 0.5) is 0 Å². The Kier molecular flexibility index (Phi) is 9.61. The summed E-state index contributed by atoms with van der Waals surface area (Å²) >= 11 is 7.26. The van der Waals surface area contributed by atoms with Gasteiger partial charge in [0.1, 0.15) is 0 Å². The molecule has 0 radical (unpaired) electrons. The molecule has 0 aromatic carbocycles. The van der Waals surface area contributed by atoms with Crippen molar-refractivity contribution in [3.05, 3.63) is 21.3 Å². The Morgan fingerprint density at radius 2 is 1.93 bits per heavy atom. The van der Waals surface area contributed by atoms with Crippen molar-refractivity contribution in [2.45, 2.75) is 20.3 Å². The molecule has 0 unspecified atom stereocenters. The van der Waals surface area contributed by atoms with Crippen LogP contribution in [-0.4, -0.2) is 87.5 Å². The van der Waals surface area contributed by atoms with Crippen LogP contribution >= 0.6 is 22.9 Å². The first-order valence-corrected chi connectivity index (χ1v) is 12.3. The topological polar surface area (TPSA) is 82.2 Å². The van der Waals surface area contributed by atoms with Crippen molar-refractivity contribution in [2.24, 2.45) is 0 Å². The lowest BCUT2D eigenvalue weighted by Gasteiger charge is -2.28. The number of halogens is 1. The third-order valence-corrected chi connectivity index (χ3v) is 6.86. The van der Waals surface area contributed by atoms with Crippen LogP contribution in [0.5, 0.6) is 0 Å². The van der Waals surface area contributed by atoms with E-state index in [-0.39, 0.29) is 11.7 Å². The zero-order chi connectivity index (χ0) is 20.6. The molecule has 2 aliphatic heterocycles. The van der Waals surface area contributed by atoms with Gasteiger partial charge in [-0.15, -0.1) is 16.2 Å². The molecule has 0 aliphatic carbocycles. The number of rotatable bonds is 7. The smallest absolute Gasteiger partial charge is 0.236 e. The van der Waals surface area contributed by atoms with Crippen molar-refractivity contribution in [1.82, 2.24) is 19.6 Å². The Balaban J connectivity index is 0.00000136. The van der Waals surface area contributed by atoms with E-state index >= 15 is 0 Å². The molecule has 0 bridgehead atoms. The minimum Gasteiger partial charge on any atom is -0.378 e. The average molecular weight is 453 g/mol. The molecule has 0 spiro atoms. The van der Waals surface area contributed by atoms with E-state index in [1.165, 1.54) is 11.3 Å². The number of nitrogens with zero attached hydrogens (tertiary/aromatic N) is 3. The molecule has 3 heterocycles. The lowest BCUT2D eigenvalue weighted by Crippen LogP contribution is -2.46. The fourth-order valence-corrected chi connectivity index (χ4v) is 5.25. The Hall–Kier alpha value is -0.750. The predicted molar refractivity (Wildman–Crippen MR) is 112 cm³/mol. The maximum absolute atomic E-state index is 12.3. The van der Waals surface area contributed by atoms with Crippen LogP contribution < -0.4 is 4.83 Å². The molecular weight excluding hydrogens is 424 g/mol. The summed E-state index contributed by atoms with van der Waals surface area (Å²) in [5.74, 6) is 0.0696. The number of thiophene rings is 1. The first-order chi connectivity index (χ1) is 13.4. The van der Waals surface area contributed by atoms with Crippen LogP contribution in [0, 0.1) is 0 Å². The number of morpholine rings is 1. The molecule has 1 N–H and O–H groups in total. The first-order valence-electron chi connectivity index (χ1n) is 9.48. The van der Waals surface area contributed by atoms with Gasteiger partial charge < -0.3 is 9.64 Å². The number of nitrogens with one attached hydrogen (secondary N) is 1. The largest absolute Gasteiger partial charge is 0.378 e. The summed E-state index contributed by atoms with van der Waals surface area (Å²) in [5, 5.41) is 1.64. The van der Waals surface area contributed by atoms with Gasteiger partial charge in [0.25, 0.3) is 0 Å². The number of carbonyl (C=O) groups is 1. The van der Waals surface area contributed by atoms with E-state index in [1.54, 1.807) is 16.0 Å². The highest BCUT2D eigenvalue weighted by Gasteiger charge is 2.27. The van der Waals surface area contributed by atoms with Crippen molar-refractivity contribution in [3.8, 4) is 0 Å². The fourth-order valence-electron chi connectivity index (χ4n) is 2.92. The van der Waals surface area contributed by atoms with Crippen LogP contribution in [-0.2, 0) is 26.0 Å². The van der Waals surface area contributed by atoms with Crippen molar-refractivity contribution >= 4 is 38.9 Å². The van der Waals surface area contributed by atoms with E-state index in [4.69, 9.17) is 16.3 Å². The van der Waals surface area contributed by atoms with Crippen LogP contribution in [0.15, 0.2) is 12.1 Å². The summed E-state index contributed by atoms with van der Waals surface area (Å²) in [5.41, 5.74) is 0. The van der Waals surface area contributed by atoms with E-state index in [1.807, 2.05) is 24.8 Å². The highest BCUT2D eigenvalue weighted by Crippen LogP contribution is 2.22. The third kappa shape index (κ3) is 7.58. The molecule has 11 heteroatoms. The minimum absolute atomic E-state index is 0.00699. The zero-order valence-corrected chi connectivity index (χ0v) is 18.8. The summed E-state index contributed by atoms with van der Waals surface area (Å²) < 4.78 is 30.4. The number of sulfonamides is 1. The van der Waals surface area contributed by atoms with Gasteiger partial charge in [-0.05, 0) is 18.6 Å². The standard InChI is InChI=1S/C15H23ClN4O4S2.C2H6/c16-14-2-1-13(25-14)3-10-26(22,23)17-20-5-4-18(12-20)11-15(21)19-6-8-24-9-7-19;1-2/h1-2,17H,3-12H2;1-2H3. The zero-order valence-electron chi connectivity index (χ0n) is 16.4. The van der Waals surface area contributed by atoms with Gasteiger partial charge in [0, 0.05) is 31.1 Å². The van der Waals surface area contributed by atoms with Gasteiger partial charge in [-0.25, -0.2) is 13.4 Å². The van der Waals surface area contributed by atoms with Gasteiger partial charge in [-0.2, -0.15) is 0 Å². The number of ether oxygens (including phenoxy) is 1. The maximum Gasteiger partial charge on any atom is 0.236 e. The molecule has 1 amide bonds. The lowest BCUT2D eigenvalue weighted by atomic mass is 10.4. The normalized spacial score (nSPS) is 18.8. The molecule has 1 aromatic rings. The van der Waals surface area contributed by atoms with Crippen LogP contribution in [0.2, 0.25) is 4.34 Å². The predicted octanol–water partition coefficient (Wildman–Crippen LogP) is 1.24. The second-order valence-electron chi connectivity index (χ2n) is 6.32. The van der Waals surface area contributed by atoms with E-state index in [0.29, 0.717) is 63.4 Å². The molecule has 0 saturated carbocycles. The summed E-state index contributed by atoms with van der Waals surface area (Å²) in [7, 11) is -3.43. The number of amides is 1. The number of carbonyl (C=O) groups excluding carboxylic acids is 1. The van der Waals surface area contributed by atoms with Crippen molar-refractivity contribution in [2.75, 3.05) is 58.4 Å². The van der Waals surface area contributed by atoms with E-state index in [0.717, 1.165) is 4.88 Å². The van der Waals surface area contributed by atoms with Gasteiger partial charge >= 0.3 is 0 Å². The van der Waals surface area contributed by atoms with Crippen molar-refractivity contribution < 1.29 is 17.9 Å². The Bertz CT molecular complexity index is 722. The summed E-state index contributed by atoms with van der Waals surface area (Å²) in [6.07, 6.45) is 0.430. The van der Waals surface area contributed by atoms with Gasteiger partial charge in [0.2, 0.25) is 15.9 Å². The van der Waals surface area contributed by atoms with Crippen LogP contribution in [0.3, 0.4) is 0 Å². The van der Waals surface area contributed by atoms with Crippen LogP contribution in [0.25, 0.3) is 0 Å². The Labute approximate surface area is 176 Å². The second-order valence-corrected chi connectivity index (χ2v) is 9.94. The van der Waals surface area contributed by atoms with Crippen molar-refractivity contribution in [1.29, 1.82) is 0 Å². The lowest BCUT2D eigenvalue weighted by molar-refractivity contribution is -0.136. The van der Waals surface area contributed by atoms with Gasteiger partial charge in [0.15, 0.2) is 0 Å². The molecule has 8 nitrogen and oxygen atoms in total. The SMILES string of the molecule is CC.O=C(CN1CCN(NS(=O)(=O)CCc2ccc(Cl)s2)C1)N1CCOCC1. The molecule has 1 aromatic heterocycles. The molecular formula is C17H29ClN4O4S2. The fraction of sp³-hybridized carbons (Fsp3) is 0.706. The minimum atomic E-state index is -3.43. The van der Waals surface area contributed by atoms with E-state index < -0.39 is 10.0 Å². The molecule has 28 heavy (non-hydrogen) atoms. The number of hydrazine groups is 1. The first kappa shape index (κ1) is 23.5. The maximum atomic E-state index is 12.3. The molecule has 3 rings (SSSR count). The quantitative estimate of drug-likeness (QED) is 0.670. The number of aryl methyl sites for hydroxylation is 1. The second kappa shape index (κ2) is 11.4. The highest BCUT2D eigenvalue weighted by molar-refractivity contribution is 7.89. The number of hydrogen-bond acceptors (Lipinski definition) is 7. The Morgan fingerprint density at radius 3 is 2.57 bits per heavy atom. The molecule has 160 valence electrons.